The van der Waals surface area contributed by atoms with Gasteiger partial charge in [-0.2, -0.15) is 0 Å². The number of Topliss-reactive ketones (excluding diaryl/α,β-unsaturated/α-hetero) is 1. The number of esters is 1. The third-order valence-corrected chi connectivity index (χ3v) is 1.10. The Morgan fingerprint density at radius 1 is 1.50 bits per heavy atom. The fourth-order valence-electron chi connectivity index (χ4n) is 0.486. The van der Waals surface area contributed by atoms with Crippen molar-refractivity contribution >= 4 is 11.8 Å². The Morgan fingerprint density at radius 3 is 2.50 bits per heavy atom. The second kappa shape index (κ2) is 5.29. The highest BCUT2D eigenvalue weighted by molar-refractivity contribution is 5.94. The summed E-state index contributed by atoms with van der Waals surface area (Å²) in [6.45, 7) is 8.43. The Hall–Kier alpha value is -1.38. The number of rotatable bonds is 5. The first kappa shape index (κ1) is 10.6. The summed E-state index contributed by atoms with van der Waals surface area (Å²) < 4.78 is 4.67. The van der Waals surface area contributed by atoms with Gasteiger partial charge in [-0.05, 0) is 12.5 Å². The molecule has 12 heavy (non-hydrogen) atoms. The molecule has 0 radical (unpaired) electrons. The van der Waals surface area contributed by atoms with Crippen molar-refractivity contribution in [2.45, 2.75) is 13.3 Å². The van der Waals surface area contributed by atoms with Crippen LogP contribution >= 0.6 is 0 Å². The summed E-state index contributed by atoms with van der Waals surface area (Å²) in [5, 5.41) is 0. The normalized spacial score (nSPS) is 8.75. The maximum Gasteiger partial charge on any atom is 0.313 e. The molecule has 0 aliphatic heterocycles. The van der Waals surface area contributed by atoms with Crippen molar-refractivity contribution in [2.75, 3.05) is 6.61 Å². The quantitative estimate of drug-likeness (QED) is 0.352. The average molecular weight is 168 g/mol. The molecule has 66 valence electrons. The molecule has 0 aliphatic carbocycles. The van der Waals surface area contributed by atoms with Crippen LogP contribution in [0.3, 0.4) is 0 Å². The van der Waals surface area contributed by atoms with Crippen molar-refractivity contribution in [3.63, 3.8) is 0 Å². The third kappa shape index (κ3) is 5.41. The van der Waals surface area contributed by atoms with Crippen LogP contribution in [0.25, 0.3) is 0 Å². The lowest BCUT2D eigenvalue weighted by molar-refractivity contribution is -0.144. The van der Waals surface area contributed by atoms with E-state index in [-0.39, 0.29) is 18.8 Å². The molecule has 0 saturated heterocycles. The van der Waals surface area contributed by atoms with E-state index in [9.17, 15) is 9.59 Å². The summed E-state index contributed by atoms with van der Waals surface area (Å²) in [7, 11) is 0. The van der Waals surface area contributed by atoms with Crippen LogP contribution < -0.4 is 0 Å². The van der Waals surface area contributed by atoms with Gasteiger partial charge >= 0.3 is 5.97 Å². The molecule has 0 aromatic rings. The minimum atomic E-state index is -0.523. The van der Waals surface area contributed by atoms with Crippen molar-refractivity contribution in [1.29, 1.82) is 0 Å². The van der Waals surface area contributed by atoms with Crippen LogP contribution in [0.15, 0.2) is 24.8 Å². The summed E-state index contributed by atoms with van der Waals surface area (Å²) in [5.41, 5.74) is 0.618. The molecule has 0 aliphatic rings. The zero-order chi connectivity index (χ0) is 9.56. The zero-order valence-corrected chi connectivity index (χ0v) is 7.13. The molecule has 0 rings (SSSR count). The standard InChI is InChI=1S/C9H12O3/c1-4-7(2)6-12-9(11)5-8(3)10/h4H,1-2,5-6H2,3H3. The second-order valence-electron chi connectivity index (χ2n) is 2.40. The molecule has 0 unspecified atom stereocenters. The lowest BCUT2D eigenvalue weighted by Gasteiger charge is -2.01. The molecule has 0 aromatic heterocycles. The summed E-state index contributed by atoms with van der Waals surface area (Å²) >= 11 is 0. The predicted molar refractivity (Wildman–Crippen MR) is 45.6 cm³/mol. The van der Waals surface area contributed by atoms with Crippen LogP contribution in [0.1, 0.15) is 13.3 Å². The van der Waals surface area contributed by atoms with E-state index in [1.54, 1.807) is 0 Å². The molecule has 0 amide bonds. The van der Waals surface area contributed by atoms with Gasteiger partial charge in [0.05, 0.1) is 0 Å². The van der Waals surface area contributed by atoms with E-state index in [0.717, 1.165) is 0 Å². The summed E-state index contributed by atoms with van der Waals surface area (Å²) in [5.74, 6) is -0.727. The number of hydrogen-bond acceptors (Lipinski definition) is 3. The van der Waals surface area contributed by atoms with Crippen molar-refractivity contribution in [2.24, 2.45) is 0 Å². The van der Waals surface area contributed by atoms with Crippen LogP contribution in [0.2, 0.25) is 0 Å². The molecule has 3 heteroatoms. The summed E-state index contributed by atoms with van der Waals surface area (Å²) in [6.07, 6.45) is 1.32. The van der Waals surface area contributed by atoms with Crippen molar-refractivity contribution in [3.8, 4) is 0 Å². The number of ether oxygens (including phenoxy) is 1. The Labute approximate surface area is 71.7 Å². The highest BCUT2D eigenvalue weighted by atomic mass is 16.5. The van der Waals surface area contributed by atoms with Crippen LogP contribution in [0, 0.1) is 0 Å². The van der Waals surface area contributed by atoms with Gasteiger partial charge in [0.25, 0.3) is 0 Å². The molecule has 0 spiro atoms. The molecule has 0 fully saturated rings. The molecule has 0 N–H and O–H groups in total. The lowest BCUT2D eigenvalue weighted by atomic mass is 10.3. The van der Waals surface area contributed by atoms with E-state index >= 15 is 0 Å². The van der Waals surface area contributed by atoms with E-state index in [2.05, 4.69) is 17.9 Å². The molecule has 3 nitrogen and oxygen atoms in total. The topological polar surface area (TPSA) is 43.4 Å². The third-order valence-electron chi connectivity index (χ3n) is 1.10. The Kier molecular flexibility index (Phi) is 4.69. The van der Waals surface area contributed by atoms with Gasteiger partial charge < -0.3 is 4.74 Å². The first-order valence-electron chi connectivity index (χ1n) is 3.51. The van der Waals surface area contributed by atoms with E-state index in [4.69, 9.17) is 0 Å². The molecule has 0 bridgehead atoms. The molecule has 0 atom stereocenters. The van der Waals surface area contributed by atoms with Crippen LogP contribution in [-0.2, 0) is 14.3 Å². The van der Waals surface area contributed by atoms with Gasteiger partial charge in [0.15, 0.2) is 0 Å². The fourth-order valence-corrected chi connectivity index (χ4v) is 0.486. The molecular weight excluding hydrogens is 156 g/mol. The largest absolute Gasteiger partial charge is 0.461 e. The SMILES string of the molecule is C=CC(=C)COC(=O)CC(C)=O. The van der Waals surface area contributed by atoms with E-state index in [1.807, 2.05) is 0 Å². The van der Waals surface area contributed by atoms with Gasteiger partial charge in [-0.25, -0.2) is 0 Å². The predicted octanol–water partition coefficient (Wildman–Crippen LogP) is 1.25. The Bertz CT molecular complexity index is 216. The monoisotopic (exact) mass is 168 g/mol. The molecular formula is C9H12O3. The minimum Gasteiger partial charge on any atom is -0.461 e. The van der Waals surface area contributed by atoms with Crippen LogP contribution in [0.5, 0.6) is 0 Å². The Morgan fingerprint density at radius 2 is 2.08 bits per heavy atom. The number of carbonyl (C=O) groups excluding carboxylic acids is 2. The van der Waals surface area contributed by atoms with Gasteiger partial charge in [-0.15, -0.1) is 0 Å². The lowest BCUT2D eigenvalue weighted by Crippen LogP contribution is -2.10. The van der Waals surface area contributed by atoms with Gasteiger partial charge in [-0.1, -0.05) is 19.2 Å². The van der Waals surface area contributed by atoms with Crippen molar-refractivity contribution in [3.05, 3.63) is 24.8 Å². The zero-order valence-electron chi connectivity index (χ0n) is 7.13. The number of carbonyl (C=O) groups is 2. The van der Waals surface area contributed by atoms with Crippen molar-refractivity contribution < 1.29 is 14.3 Å². The van der Waals surface area contributed by atoms with Gasteiger partial charge in [-0.3, -0.25) is 9.59 Å². The van der Waals surface area contributed by atoms with Crippen LogP contribution in [0.4, 0.5) is 0 Å². The smallest absolute Gasteiger partial charge is 0.313 e. The number of ketones is 1. The Balaban J connectivity index is 3.64. The van der Waals surface area contributed by atoms with E-state index in [1.165, 1.54) is 13.0 Å². The highest BCUT2D eigenvalue weighted by Gasteiger charge is 2.05. The fraction of sp³-hybridized carbons (Fsp3) is 0.333. The first-order valence-corrected chi connectivity index (χ1v) is 3.51. The molecule has 0 aromatic carbocycles. The van der Waals surface area contributed by atoms with Crippen molar-refractivity contribution in [1.82, 2.24) is 0 Å². The average Bonchev–Trinajstić information content (AvgIpc) is 1.99. The maximum absolute atomic E-state index is 10.8. The molecule has 0 heterocycles. The van der Waals surface area contributed by atoms with E-state index < -0.39 is 5.97 Å². The highest BCUT2D eigenvalue weighted by Crippen LogP contribution is 1.94. The van der Waals surface area contributed by atoms with Gasteiger partial charge in [0, 0.05) is 0 Å². The minimum absolute atomic E-state index is 0.107. The first-order chi connectivity index (χ1) is 5.56. The van der Waals surface area contributed by atoms with Gasteiger partial charge in [0.2, 0.25) is 0 Å². The summed E-state index contributed by atoms with van der Waals surface area (Å²) in [4.78, 5) is 21.2. The van der Waals surface area contributed by atoms with E-state index in [0.29, 0.717) is 5.57 Å². The summed E-state index contributed by atoms with van der Waals surface area (Å²) in [6, 6.07) is 0. The molecule has 0 saturated carbocycles. The van der Waals surface area contributed by atoms with Gasteiger partial charge in [0.1, 0.15) is 18.8 Å². The van der Waals surface area contributed by atoms with Crippen LogP contribution in [-0.4, -0.2) is 18.4 Å². The maximum atomic E-state index is 10.8. The second-order valence-corrected chi connectivity index (χ2v) is 2.40. The number of hydrogen-bond donors (Lipinski definition) is 0.